The van der Waals surface area contributed by atoms with E-state index >= 15 is 0 Å². The minimum Gasteiger partial charge on any atom is -0.352 e. The largest absolute Gasteiger partial charge is 0.352 e. The van der Waals surface area contributed by atoms with Crippen LogP contribution in [-0.2, 0) is 24.3 Å². The van der Waals surface area contributed by atoms with Crippen LogP contribution in [0.5, 0.6) is 0 Å². The summed E-state index contributed by atoms with van der Waals surface area (Å²) in [6.45, 7) is 4.53. The normalized spacial score (nSPS) is 10.6. The first-order chi connectivity index (χ1) is 15.4. The summed E-state index contributed by atoms with van der Waals surface area (Å²) in [5.41, 5.74) is 3.30. The van der Waals surface area contributed by atoms with Gasteiger partial charge in [-0.05, 0) is 54.8 Å². The maximum Gasteiger partial charge on any atom is 0.322 e. The number of anilines is 1. The summed E-state index contributed by atoms with van der Waals surface area (Å²) >= 11 is 0. The standard InChI is InChI=1S/C26H28FN3O2/c1-19(2)29-26(32)30(18-21-11-13-23(27)14-12-21)24-10-6-9-22(15-24)16-25(31)28-17-20-7-4-3-5-8-20/h3-15,19H,16-18H2,1-2H3,(H,28,31)(H,29,32). The van der Waals surface area contributed by atoms with Crippen molar-refractivity contribution in [2.24, 2.45) is 0 Å². The van der Waals surface area contributed by atoms with Crippen molar-refractivity contribution < 1.29 is 14.0 Å². The smallest absolute Gasteiger partial charge is 0.322 e. The molecule has 166 valence electrons. The zero-order valence-corrected chi connectivity index (χ0v) is 18.3. The van der Waals surface area contributed by atoms with Crippen molar-refractivity contribution >= 4 is 17.6 Å². The molecule has 0 unspecified atom stereocenters. The average molecular weight is 434 g/mol. The molecule has 0 aliphatic heterocycles. The van der Waals surface area contributed by atoms with Crippen LogP contribution >= 0.6 is 0 Å². The van der Waals surface area contributed by atoms with E-state index in [2.05, 4.69) is 10.6 Å². The van der Waals surface area contributed by atoms with E-state index in [0.717, 1.165) is 16.7 Å². The molecule has 0 saturated heterocycles. The molecule has 0 spiro atoms. The van der Waals surface area contributed by atoms with Crippen molar-refractivity contribution in [3.63, 3.8) is 0 Å². The number of benzene rings is 3. The number of carbonyl (C=O) groups is 2. The lowest BCUT2D eigenvalue weighted by atomic mass is 10.1. The average Bonchev–Trinajstić information content (AvgIpc) is 2.77. The van der Waals surface area contributed by atoms with Crippen LogP contribution in [0, 0.1) is 5.82 Å². The van der Waals surface area contributed by atoms with Crippen molar-refractivity contribution in [3.8, 4) is 0 Å². The Labute approximate surface area is 188 Å². The molecule has 3 rings (SSSR count). The fourth-order valence-corrected chi connectivity index (χ4v) is 3.26. The molecule has 32 heavy (non-hydrogen) atoms. The van der Waals surface area contributed by atoms with E-state index in [1.807, 2.05) is 68.4 Å². The van der Waals surface area contributed by atoms with E-state index in [-0.39, 0.29) is 36.8 Å². The van der Waals surface area contributed by atoms with Crippen LogP contribution < -0.4 is 15.5 Å². The van der Waals surface area contributed by atoms with Gasteiger partial charge in [0.15, 0.2) is 0 Å². The number of hydrogen-bond acceptors (Lipinski definition) is 2. The van der Waals surface area contributed by atoms with Gasteiger partial charge in [-0.2, -0.15) is 0 Å². The number of carbonyl (C=O) groups excluding carboxylic acids is 2. The van der Waals surface area contributed by atoms with Crippen molar-refractivity contribution in [1.29, 1.82) is 0 Å². The molecule has 3 aromatic rings. The summed E-state index contributed by atoms with van der Waals surface area (Å²) in [6.07, 6.45) is 0.205. The fourth-order valence-electron chi connectivity index (χ4n) is 3.26. The Balaban J connectivity index is 1.73. The number of amides is 3. The van der Waals surface area contributed by atoms with Gasteiger partial charge in [-0.1, -0.05) is 54.6 Å². The molecule has 0 radical (unpaired) electrons. The van der Waals surface area contributed by atoms with E-state index < -0.39 is 0 Å². The predicted octanol–water partition coefficient (Wildman–Crippen LogP) is 4.81. The first-order valence-electron chi connectivity index (χ1n) is 10.6. The maximum absolute atomic E-state index is 13.3. The number of urea groups is 1. The summed E-state index contributed by atoms with van der Waals surface area (Å²) in [7, 11) is 0. The van der Waals surface area contributed by atoms with Crippen LogP contribution in [0.25, 0.3) is 0 Å². The van der Waals surface area contributed by atoms with Crippen molar-refractivity contribution in [3.05, 3.63) is 101 Å². The van der Waals surface area contributed by atoms with Gasteiger partial charge in [0, 0.05) is 18.3 Å². The summed E-state index contributed by atoms with van der Waals surface area (Å²) in [5, 5.41) is 5.83. The molecule has 6 heteroatoms. The summed E-state index contributed by atoms with van der Waals surface area (Å²) in [4.78, 5) is 26.9. The van der Waals surface area contributed by atoms with E-state index in [1.165, 1.54) is 12.1 Å². The number of hydrogen-bond donors (Lipinski definition) is 2. The van der Waals surface area contributed by atoms with Crippen molar-refractivity contribution in [2.75, 3.05) is 4.90 Å². The van der Waals surface area contributed by atoms with Crippen LogP contribution in [0.1, 0.15) is 30.5 Å². The molecule has 0 aliphatic rings. The lowest BCUT2D eigenvalue weighted by Gasteiger charge is -2.25. The Bertz CT molecular complexity index is 1040. The number of halogens is 1. The van der Waals surface area contributed by atoms with E-state index in [1.54, 1.807) is 17.0 Å². The molecule has 0 atom stereocenters. The molecule has 0 bridgehead atoms. The fraction of sp³-hybridized carbons (Fsp3) is 0.231. The van der Waals surface area contributed by atoms with Gasteiger partial charge >= 0.3 is 6.03 Å². The van der Waals surface area contributed by atoms with Gasteiger partial charge < -0.3 is 10.6 Å². The van der Waals surface area contributed by atoms with Crippen LogP contribution in [-0.4, -0.2) is 18.0 Å². The summed E-state index contributed by atoms with van der Waals surface area (Å²) in [6, 6.07) is 22.9. The SMILES string of the molecule is CC(C)NC(=O)N(Cc1ccc(F)cc1)c1cccc(CC(=O)NCc2ccccc2)c1. The molecular formula is C26H28FN3O2. The molecule has 2 N–H and O–H groups in total. The molecule has 0 fully saturated rings. The first-order valence-corrected chi connectivity index (χ1v) is 10.6. The van der Waals surface area contributed by atoms with E-state index in [9.17, 15) is 14.0 Å². The lowest BCUT2D eigenvalue weighted by Crippen LogP contribution is -2.42. The minimum absolute atomic E-state index is 0.0369. The van der Waals surface area contributed by atoms with Crippen molar-refractivity contribution in [1.82, 2.24) is 10.6 Å². The highest BCUT2D eigenvalue weighted by Crippen LogP contribution is 2.20. The van der Waals surface area contributed by atoms with Gasteiger partial charge in [-0.25, -0.2) is 9.18 Å². The maximum atomic E-state index is 13.3. The van der Waals surface area contributed by atoms with Gasteiger partial charge in [0.25, 0.3) is 0 Å². The minimum atomic E-state index is -0.324. The molecule has 0 heterocycles. The van der Waals surface area contributed by atoms with Gasteiger partial charge in [0.05, 0.1) is 13.0 Å². The van der Waals surface area contributed by atoms with Crippen LogP contribution in [0.15, 0.2) is 78.9 Å². The Kier molecular flexibility index (Phi) is 7.97. The second-order valence-corrected chi connectivity index (χ2v) is 7.93. The molecule has 3 aromatic carbocycles. The first kappa shape index (κ1) is 23.0. The number of nitrogens with one attached hydrogen (secondary N) is 2. The highest BCUT2D eigenvalue weighted by atomic mass is 19.1. The van der Waals surface area contributed by atoms with Gasteiger partial charge in [0.1, 0.15) is 5.82 Å². The quantitative estimate of drug-likeness (QED) is 0.536. The molecule has 0 aliphatic carbocycles. The molecule has 0 saturated carbocycles. The molecular weight excluding hydrogens is 405 g/mol. The second kappa shape index (κ2) is 11.1. The summed E-state index contributed by atoms with van der Waals surface area (Å²) < 4.78 is 13.3. The Morgan fingerprint density at radius 3 is 2.25 bits per heavy atom. The topological polar surface area (TPSA) is 61.4 Å². The zero-order chi connectivity index (χ0) is 22.9. The zero-order valence-electron chi connectivity index (χ0n) is 18.3. The molecule has 5 nitrogen and oxygen atoms in total. The summed E-state index contributed by atoms with van der Waals surface area (Å²) in [5.74, 6) is -0.418. The predicted molar refractivity (Wildman–Crippen MR) is 125 cm³/mol. The van der Waals surface area contributed by atoms with Crippen LogP contribution in [0.2, 0.25) is 0 Å². The molecule has 0 aromatic heterocycles. The van der Waals surface area contributed by atoms with Crippen molar-refractivity contribution in [2.45, 2.75) is 39.4 Å². The number of nitrogens with zero attached hydrogens (tertiary/aromatic N) is 1. The third kappa shape index (κ3) is 6.94. The van der Waals surface area contributed by atoms with Gasteiger partial charge in [0.2, 0.25) is 5.91 Å². The van der Waals surface area contributed by atoms with Crippen LogP contribution in [0.3, 0.4) is 0 Å². The van der Waals surface area contributed by atoms with E-state index in [0.29, 0.717) is 12.2 Å². The second-order valence-electron chi connectivity index (χ2n) is 7.93. The van der Waals surface area contributed by atoms with E-state index in [4.69, 9.17) is 0 Å². The number of rotatable bonds is 8. The highest BCUT2D eigenvalue weighted by Gasteiger charge is 2.18. The highest BCUT2D eigenvalue weighted by molar-refractivity contribution is 5.92. The molecule has 3 amide bonds. The Hall–Kier alpha value is -3.67. The monoisotopic (exact) mass is 433 g/mol. The van der Waals surface area contributed by atoms with Gasteiger partial charge in [-0.3, -0.25) is 9.69 Å². The Morgan fingerprint density at radius 2 is 1.56 bits per heavy atom. The Morgan fingerprint density at radius 1 is 0.875 bits per heavy atom. The third-order valence-corrected chi connectivity index (χ3v) is 4.83. The van der Waals surface area contributed by atoms with Crippen LogP contribution in [0.4, 0.5) is 14.9 Å². The van der Waals surface area contributed by atoms with Gasteiger partial charge in [-0.15, -0.1) is 0 Å². The third-order valence-electron chi connectivity index (χ3n) is 4.83. The lowest BCUT2D eigenvalue weighted by molar-refractivity contribution is -0.120.